The Hall–Kier alpha value is -3.91. The van der Waals surface area contributed by atoms with Gasteiger partial charge in [-0.25, -0.2) is 9.36 Å². The van der Waals surface area contributed by atoms with Crippen LogP contribution in [0.25, 0.3) is 5.69 Å². The predicted octanol–water partition coefficient (Wildman–Crippen LogP) is 4.06. The molecular formula is C25H24ClN5O3. The van der Waals surface area contributed by atoms with Crippen LogP contribution in [0.1, 0.15) is 35.0 Å². The summed E-state index contributed by atoms with van der Waals surface area (Å²) in [6, 6.07) is 14.7. The van der Waals surface area contributed by atoms with Gasteiger partial charge in [0.05, 0.1) is 23.6 Å². The number of aromatic amines is 1. The van der Waals surface area contributed by atoms with Crippen molar-refractivity contribution in [3.8, 4) is 11.6 Å². The molecule has 0 bridgehead atoms. The number of aromatic nitrogens is 4. The molecule has 0 atom stereocenters. The van der Waals surface area contributed by atoms with Gasteiger partial charge in [0.25, 0.3) is 5.56 Å². The van der Waals surface area contributed by atoms with E-state index in [1.165, 1.54) is 6.21 Å². The second-order valence-corrected chi connectivity index (χ2v) is 8.25. The van der Waals surface area contributed by atoms with Gasteiger partial charge < -0.3 is 5.11 Å². The Bertz CT molecular complexity index is 1510. The van der Waals surface area contributed by atoms with E-state index in [9.17, 15) is 14.7 Å². The average molecular weight is 478 g/mol. The second kappa shape index (κ2) is 9.52. The summed E-state index contributed by atoms with van der Waals surface area (Å²) in [5.74, 6) is -0.475. The van der Waals surface area contributed by atoms with Gasteiger partial charge in [0, 0.05) is 11.2 Å². The highest BCUT2D eigenvalue weighted by Gasteiger charge is 2.17. The molecule has 0 aliphatic rings. The number of aryl methyl sites for hydroxylation is 2. The lowest BCUT2D eigenvalue weighted by molar-refractivity contribution is 0.429. The molecule has 0 radical (unpaired) electrons. The highest BCUT2D eigenvalue weighted by atomic mass is 35.5. The van der Waals surface area contributed by atoms with Crippen molar-refractivity contribution in [2.75, 3.05) is 0 Å². The molecule has 2 aromatic heterocycles. The van der Waals surface area contributed by atoms with Crippen LogP contribution in [0.2, 0.25) is 5.02 Å². The van der Waals surface area contributed by atoms with Gasteiger partial charge in [-0.2, -0.15) is 5.10 Å². The van der Waals surface area contributed by atoms with Crippen LogP contribution in [0.3, 0.4) is 0 Å². The molecule has 0 spiro atoms. The van der Waals surface area contributed by atoms with Crippen molar-refractivity contribution in [3.63, 3.8) is 0 Å². The standard InChI is InChI=1S/C25H24ClN5O3/c1-4-17-9-6-8-12-21(17)31-24(33)19(23(32)28-25(31)34)13-27-22-15(2)29-30(16(22)3)14-18-10-5-7-11-20(18)26/h5-13,33H,4,14H2,1-3H3,(H,28,32,34). The maximum Gasteiger partial charge on any atom is 0.335 e. The van der Waals surface area contributed by atoms with Crippen molar-refractivity contribution >= 4 is 23.5 Å². The quantitative estimate of drug-likeness (QED) is 0.408. The fourth-order valence-electron chi connectivity index (χ4n) is 3.85. The smallest absolute Gasteiger partial charge is 0.335 e. The number of para-hydroxylation sites is 1. The van der Waals surface area contributed by atoms with Gasteiger partial charge in [-0.05, 0) is 43.5 Å². The van der Waals surface area contributed by atoms with Crippen LogP contribution >= 0.6 is 11.6 Å². The molecular weight excluding hydrogens is 454 g/mol. The summed E-state index contributed by atoms with van der Waals surface area (Å²) >= 11 is 6.28. The van der Waals surface area contributed by atoms with Crippen LogP contribution in [-0.2, 0) is 13.0 Å². The van der Waals surface area contributed by atoms with Crippen LogP contribution < -0.4 is 11.2 Å². The van der Waals surface area contributed by atoms with Gasteiger partial charge in [-0.15, -0.1) is 0 Å². The van der Waals surface area contributed by atoms with E-state index in [-0.39, 0.29) is 5.56 Å². The topological polar surface area (TPSA) is 105 Å². The Morgan fingerprint density at radius 2 is 1.76 bits per heavy atom. The van der Waals surface area contributed by atoms with Crippen LogP contribution in [0, 0.1) is 13.8 Å². The van der Waals surface area contributed by atoms with E-state index in [0.717, 1.165) is 21.4 Å². The van der Waals surface area contributed by atoms with Gasteiger partial charge in [-0.3, -0.25) is 19.5 Å². The summed E-state index contributed by atoms with van der Waals surface area (Å²) in [4.78, 5) is 31.8. The van der Waals surface area contributed by atoms with Crippen LogP contribution in [0.5, 0.6) is 5.88 Å². The number of aromatic hydroxyl groups is 1. The Balaban J connectivity index is 1.75. The minimum absolute atomic E-state index is 0.122. The number of halogens is 1. The summed E-state index contributed by atoms with van der Waals surface area (Å²) in [6.45, 7) is 6.09. The van der Waals surface area contributed by atoms with Crippen LogP contribution in [0.4, 0.5) is 5.69 Å². The Kier molecular flexibility index (Phi) is 6.51. The molecule has 2 heterocycles. The number of benzene rings is 2. The molecule has 2 aromatic carbocycles. The molecule has 0 fully saturated rings. The highest BCUT2D eigenvalue weighted by molar-refractivity contribution is 6.31. The number of nitrogens with zero attached hydrogens (tertiary/aromatic N) is 4. The first-order valence-corrected chi connectivity index (χ1v) is 11.2. The molecule has 0 saturated heterocycles. The first-order chi connectivity index (χ1) is 16.3. The number of aliphatic imine (C=N–C) groups is 1. The van der Waals surface area contributed by atoms with Gasteiger partial charge in [0.1, 0.15) is 11.3 Å². The molecule has 0 saturated carbocycles. The lowest BCUT2D eigenvalue weighted by atomic mass is 10.1. The molecule has 9 heteroatoms. The SMILES string of the molecule is CCc1ccccc1-n1c(O)c(C=Nc2c(C)nn(Cc3ccccc3Cl)c2C)c(=O)[nH]c1=O. The van der Waals surface area contributed by atoms with Crippen LogP contribution in [0.15, 0.2) is 63.1 Å². The summed E-state index contributed by atoms with van der Waals surface area (Å²) < 4.78 is 2.87. The van der Waals surface area contributed by atoms with E-state index in [0.29, 0.717) is 35.1 Å². The molecule has 4 aromatic rings. The van der Waals surface area contributed by atoms with E-state index in [2.05, 4.69) is 15.1 Å². The largest absolute Gasteiger partial charge is 0.493 e. The molecule has 4 rings (SSSR count). The summed E-state index contributed by atoms with van der Waals surface area (Å²) in [6.07, 6.45) is 1.91. The molecule has 0 aliphatic heterocycles. The van der Waals surface area contributed by atoms with Gasteiger partial charge in [0.15, 0.2) is 0 Å². The third-order valence-electron chi connectivity index (χ3n) is 5.68. The molecule has 8 nitrogen and oxygen atoms in total. The minimum atomic E-state index is -0.727. The van der Waals surface area contributed by atoms with E-state index in [1.807, 2.05) is 57.2 Å². The first-order valence-electron chi connectivity index (χ1n) is 10.8. The number of hydrogen-bond acceptors (Lipinski definition) is 5. The first kappa shape index (κ1) is 23.3. The molecule has 174 valence electrons. The lowest BCUT2D eigenvalue weighted by Gasteiger charge is -2.13. The Morgan fingerprint density at radius 3 is 2.47 bits per heavy atom. The van der Waals surface area contributed by atoms with Crippen LogP contribution in [-0.4, -0.2) is 30.7 Å². The highest BCUT2D eigenvalue weighted by Crippen LogP contribution is 2.26. The lowest BCUT2D eigenvalue weighted by Crippen LogP contribution is -2.31. The van der Waals surface area contributed by atoms with Crippen molar-refractivity contribution in [2.24, 2.45) is 4.99 Å². The molecule has 34 heavy (non-hydrogen) atoms. The minimum Gasteiger partial charge on any atom is -0.493 e. The monoisotopic (exact) mass is 477 g/mol. The Morgan fingerprint density at radius 1 is 1.09 bits per heavy atom. The molecule has 0 aliphatic carbocycles. The average Bonchev–Trinajstić information content (AvgIpc) is 3.07. The van der Waals surface area contributed by atoms with Crippen molar-refractivity contribution in [3.05, 3.63) is 102 Å². The number of hydrogen-bond donors (Lipinski definition) is 2. The third kappa shape index (κ3) is 4.32. The van der Waals surface area contributed by atoms with E-state index < -0.39 is 17.1 Å². The van der Waals surface area contributed by atoms with E-state index >= 15 is 0 Å². The molecule has 0 unspecified atom stereocenters. The number of rotatable bonds is 6. The summed E-state index contributed by atoms with van der Waals surface area (Å²) in [7, 11) is 0. The fraction of sp³-hybridized carbons (Fsp3) is 0.200. The van der Waals surface area contributed by atoms with Gasteiger partial charge in [0.2, 0.25) is 5.88 Å². The fourth-order valence-corrected chi connectivity index (χ4v) is 4.05. The van der Waals surface area contributed by atoms with E-state index in [4.69, 9.17) is 11.6 Å². The van der Waals surface area contributed by atoms with Gasteiger partial charge >= 0.3 is 5.69 Å². The normalized spacial score (nSPS) is 11.4. The zero-order valence-electron chi connectivity index (χ0n) is 19.0. The van der Waals surface area contributed by atoms with Crippen molar-refractivity contribution in [1.29, 1.82) is 0 Å². The predicted molar refractivity (Wildman–Crippen MR) is 133 cm³/mol. The van der Waals surface area contributed by atoms with E-state index in [1.54, 1.807) is 16.8 Å². The Labute approximate surface area is 200 Å². The van der Waals surface area contributed by atoms with Gasteiger partial charge in [-0.1, -0.05) is 54.9 Å². The number of H-pyrrole nitrogens is 1. The maximum absolute atomic E-state index is 12.5. The zero-order chi connectivity index (χ0) is 24.4. The summed E-state index contributed by atoms with van der Waals surface area (Å²) in [5, 5.41) is 16.1. The maximum atomic E-state index is 12.5. The van der Waals surface area contributed by atoms with Crippen molar-refractivity contribution in [1.82, 2.24) is 19.3 Å². The molecule has 2 N–H and O–H groups in total. The third-order valence-corrected chi connectivity index (χ3v) is 6.05. The second-order valence-electron chi connectivity index (χ2n) is 7.84. The van der Waals surface area contributed by atoms with Crippen molar-refractivity contribution < 1.29 is 5.11 Å². The molecule has 0 amide bonds. The number of nitrogens with one attached hydrogen (secondary N) is 1. The van der Waals surface area contributed by atoms with Crippen molar-refractivity contribution in [2.45, 2.75) is 33.7 Å². The zero-order valence-corrected chi connectivity index (χ0v) is 19.8. The summed E-state index contributed by atoms with van der Waals surface area (Å²) in [5.41, 5.74) is 2.69.